The van der Waals surface area contributed by atoms with Gasteiger partial charge in [-0.2, -0.15) is 0 Å². The van der Waals surface area contributed by atoms with Crippen molar-refractivity contribution in [3.63, 3.8) is 0 Å². The van der Waals surface area contributed by atoms with Crippen LogP contribution in [0.4, 0.5) is 0 Å². The summed E-state index contributed by atoms with van der Waals surface area (Å²) in [4.78, 5) is 21.0. The molecule has 1 N–H and O–H groups in total. The molecule has 0 atom stereocenters. The Morgan fingerprint density at radius 3 is 2.71 bits per heavy atom. The largest absolute Gasteiger partial charge is 0.352 e. The highest BCUT2D eigenvalue weighted by atomic mass is 35.5. The van der Waals surface area contributed by atoms with Crippen LogP contribution in [-0.2, 0) is 0 Å². The number of hydrogen-bond donors (Lipinski definition) is 1. The molecule has 3 aromatic rings. The number of pyridine rings is 2. The number of benzene rings is 1. The molecule has 0 radical (unpaired) electrons. The molecule has 0 spiro atoms. The smallest absolute Gasteiger partial charge is 0.252 e. The fourth-order valence-electron chi connectivity index (χ4n) is 2.69. The molecule has 1 aromatic carbocycles. The number of rotatable bonds is 4. The van der Waals surface area contributed by atoms with Crippen molar-refractivity contribution in [2.45, 2.75) is 12.8 Å². The second kappa shape index (κ2) is 6.21. The third-order valence-corrected chi connectivity index (χ3v) is 4.53. The molecule has 0 unspecified atom stereocenters. The molecule has 1 amide bonds. The molecule has 0 saturated heterocycles. The molecule has 1 fully saturated rings. The Bertz CT molecular complexity index is 904. The maximum absolute atomic E-state index is 12.3. The number of fused-ring (bicyclic) bond motifs is 1. The van der Waals surface area contributed by atoms with Gasteiger partial charge in [-0.05, 0) is 42.5 Å². The molecule has 1 saturated carbocycles. The Morgan fingerprint density at radius 2 is 1.96 bits per heavy atom. The highest BCUT2D eigenvalue weighted by Gasteiger charge is 2.22. The highest BCUT2D eigenvalue weighted by Crippen LogP contribution is 2.29. The first-order chi connectivity index (χ1) is 11.7. The van der Waals surface area contributed by atoms with Gasteiger partial charge in [0.05, 0.1) is 17.3 Å². The molecular weight excluding hydrogens is 322 g/mol. The van der Waals surface area contributed by atoms with Gasteiger partial charge in [0, 0.05) is 34.9 Å². The molecule has 0 aliphatic heterocycles. The summed E-state index contributed by atoms with van der Waals surface area (Å²) in [5.74, 6) is 0.575. The van der Waals surface area contributed by atoms with Gasteiger partial charge in [0.2, 0.25) is 0 Å². The quantitative estimate of drug-likeness (QED) is 0.780. The van der Waals surface area contributed by atoms with E-state index in [1.165, 1.54) is 12.8 Å². The van der Waals surface area contributed by atoms with Crippen LogP contribution in [0.3, 0.4) is 0 Å². The van der Waals surface area contributed by atoms with Crippen LogP contribution in [0.1, 0.15) is 23.2 Å². The lowest BCUT2D eigenvalue weighted by molar-refractivity contribution is 0.0951. The van der Waals surface area contributed by atoms with Crippen molar-refractivity contribution in [3.8, 4) is 11.1 Å². The van der Waals surface area contributed by atoms with Crippen LogP contribution in [0.15, 0.2) is 48.9 Å². The van der Waals surface area contributed by atoms with Crippen molar-refractivity contribution < 1.29 is 4.79 Å². The van der Waals surface area contributed by atoms with Crippen LogP contribution < -0.4 is 5.32 Å². The van der Waals surface area contributed by atoms with E-state index in [0.29, 0.717) is 16.5 Å². The molecule has 4 rings (SSSR count). The topological polar surface area (TPSA) is 54.9 Å². The van der Waals surface area contributed by atoms with E-state index in [9.17, 15) is 4.79 Å². The van der Waals surface area contributed by atoms with E-state index in [0.717, 1.165) is 28.6 Å². The van der Waals surface area contributed by atoms with E-state index in [2.05, 4.69) is 15.3 Å². The number of halogens is 1. The minimum Gasteiger partial charge on any atom is -0.352 e. The summed E-state index contributed by atoms with van der Waals surface area (Å²) in [6.45, 7) is 0.747. The second-order valence-corrected chi connectivity index (χ2v) is 6.57. The first-order valence-electron chi connectivity index (χ1n) is 7.98. The Balaban J connectivity index is 1.72. The van der Waals surface area contributed by atoms with Crippen LogP contribution in [0.5, 0.6) is 0 Å². The second-order valence-electron chi connectivity index (χ2n) is 6.14. The molecule has 1 aliphatic carbocycles. The summed E-state index contributed by atoms with van der Waals surface area (Å²) >= 11 is 5.97. The molecule has 4 nitrogen and oxygen atoms in total. The third-order valence-electron chi connectivity index (χ3n) is 4.27. The number of nitrogens with one attached hydrogen (secondary N) is 1. The molecule has 2 heterocycles. The monoisotopic (exact) mass is 337 g/mol. The molecule has 24 heavy (non-hydrogen) atoms. The van der Waals surface area contributed by atoms with Crippen molar-refractivity contribution in [2.75, 3.05) is 6.54 Å². The van der Waals surface area contributed by atoms with Crippen molar-refractivity contribution in [1.82, 2.24) is 15.3 Å². The molecule has 2 aromatic heterocycles. The van der Waals surface area contributed by atoms with Gasteiger partial charge in [-0.25, -0.2) is 0 Å². The maximum Gasteiger partial charge on any atom is 0.252 e. The van der Waals surface area contributed by atoms with Gasteiger partial charge in [0.25, 0.3) is 5.91 Å². The molecule has 120 valence electrons. The predicted molar refractivity (Wildman–Crippen MR) is 95.0 cm³/mol. The van der Waals surface area contributed by atoms with Crippen LogP contribution in [-0.4, -0.2) is 22.4 Å². The fourth-order valence-corrected chi connectivity index (χ4v) is 2.82. The standard InChI is InChI=1S/C19H16ClN3O/c20-15-5-3-13(4-6-15)17-10-21-11-18-16(17)7-14(9-22-18)19(24)23-8-12-1-2-12/h3-7,9-12H,1-2,8H2,(H,23,24). The number of carbonyl (C=O) groups excluding carboxylic acids is 1. The summed E-state index contributed by atoms with van der Waals surface area (Å²) in [7, 11) is 0. The molecular formula is C19H16ClN3O. The average molecular weight is 338 g/mol. The van der Waals surface area contributed by atoms with E-state index in [-0.39, 0.29) is 5.91 Å². The molecule has 0 bridgehead atoms. The third kappa shape index (κ3) is 3.10. The summed E-state index contributed by atoms with van der Waals surface area (Å²) < 4.78 is 0. The minimum atomic E-state index is -0.0739. The Hall–Kier alpha value is -2.46. The number of aromatic nitrogens is 2. The lowest BCUT2D eigenvalue weighted by atomic mass is 10.0. The van der Waals surface area contributed by atoms with Crippen LogP contribution in [0.2, 0.25) is 5.02 Å². The van der Waals surface area contributed by atoms with E-state index < -0.39 is 0 Å². The van der Waals surface area contributed by atoms with Crippen LogP contribution in [0, 0.1) is 5.92 Å². The summed E-state index contributed by atoms with van der Waals surface area (Å²) in [6, 6.07) is 9.46. The minimum absolute atomic E-state index is 0.0739. The first-order valence-corrected chi connectivity index (χ1v) is 8.36. The van der Waals surface area contributed by atoms with Gasteiger partial charge in [-0.15, -0.1) is 0 Å². The Labute approximate surface area is 144 Å². The van der Waals surface area contributed by atoms with E-state index in [1.54, 1.807) is 18.6 Å². The van der Waals surface area contributed by atoms with Gasteiger partial charge < -0.3 is 5.32 Å². The van der Waals surface area contributed by atoms with E-state index in [4.69, 9.17) is 11.6 Å². The van der Waals surface area contributed by atoms with Crippen LogP contribution >= 0.6 is 11.6 Å². The zero-order valence-electron chi connectivity index (χ0n) is 13.0. The van der Waals surface area contributed by atoms with Crippen LogP contribution in [0.25, 0.3) is 22.0 Å². The Kier molecular flexibility index (Phi) is 3.90. The summed E-state index contributed by atoms with van der Waals surface area (Å²) in [5, 5.41) is 4.57. The number of hydrogen-bond acceptors (Lipinski definition) is 3. The molecule has 5 heteroatoms. The normalized spacial score (nSPS) is 13.9. The predicted octanol–water partition coefficient (Wildman–Crippen LogP) is 4.09. The number of amides is 1. The van der Waals surface area contributed by atoms with Gasteiger partial charge in [0.1, 0.15) is 0 Å². The lowest BCUT2D eigenvalue weighted by Crippen LogP contribution is -2.25. The zero-order chi connectivity index (χ0) is 16.5. The zero-order valence-corrected chi connectivity index (χ0v) is 13.8. The van der Waals surface area contributed by atoms with Crippen molar-refractivity contribution >= 4 is 28.4 Å². The van der Waals surface area contributed by atoms with E-state index in [1.807, 2.05) is 30.3 Å². The SMILES string of the molecule is O=C(NCC1CC1)c1cnc2cncc(-c3ccc(Cl)cc3)c2c1. The van der Waals surface area contributed by atoms with Gasteiger partial charge in [-0.3, -0.25) is 14.8 Å². The number of carbonyl (C=O) groups is 1. The summed E-state index contributed by atoms with van der Waals surface area (Å²) in [5.41, 5.74) is 3.27. The lowest BCUT2D eigenvalue weighted by Gasteiger charge is -2.09. The Morgan fingerprint density at radius 1 is 1.17 bits per heavy atom. The average Bonchev–Trinajstić information content (AvgIpc) is 3.44. The van der Waals surface area contributed by atoms with Crippen molar-refractivity contribution in [1.29, 1.82) is 0 Å². The first kappa shape index (κ1) is 15.1. The van der Waals surface area contributed by atoms with Gasteiger partial charge in [-0.1, -0.05) is 23.7 Å². The number of nitrogens with zero attached hydrogens (tertiary/aromatic N) is 2. The fraction of sp³-hybridized carbons (Fsp3) is 0.211. The van der Waals surface area contributed by atoms with Gasteiger partial charge in [0.15, 0.2) is 0 Å². The maximum atomic E-state index is 12.3. The van der Waals surface area contributed by atoms with Crippen molar-refractivity contribution in [2.24, 2.45) is 5.92 Å². The highest BCUT2D eigenvalue weighted by molar-refractivity contribution is 6.30. The van der Waals surface area contributed by atoms with Gasteiger partial charge >= 0.3 is 0 Å². The van der Waals surface area contributed by atoms with E-state index >= 15 is 0 Å². The molecule has 1 aliphatic rings. The van der Waals surface area contributed by atoms with Crippen molar-refractivity contribution in [3.05, 3.63) is 59.5 Å². The summed E-state index contributed by atoms with van der Waals surface area (Å²) in [6.07, 6.45) is 7.53.